The number of piperidine rings is 1. The van der Waals surface area contributed by atoms with E-state index in [9.17, 15) is 9.18 Å². The monoisotopic (exact) mass is 300 g/mol. The number of benzene rings is 1. The molecule has 0 spiro atoms. The number of aryl methyl sites for hydroxylation is 1. The van der Waals surface area contributed by atoms with Crippen LogP contribution < -0.4 is 10.6 Å². The van der Waals surface area contributed by atoms with Gasteiger partial charge in [-0.3, -0.25) is 4.79 Å². The molecule has 3 unspecified atom stereocenters. The lowest BCUT2D eigenvalue weighted by Crippen LogP contribution is -2.56. The first kappa shape index (κ1) is 16.9. The molecule has 1 aromatic rings. The maximum absolute atomic E-state index is 13.7. The van der Waals surface area contributed by atoms with Gasteiger partial charge in [-0.25, -0.2) is 4.39 Å². The highest BCUT2D eigenvalue weighted by Crippen LogP contribution is 2.17. The molecule has 0 radical (unpaired) electrons. The van der Waals surface area contributed by atoms with Gasteiger partial charge in [-0.2, -0.15) is 0 Å². The van der Waals surface area contributed by atoms with Gasteiger partial charge in [-0.1, -0.05) is 18.6 Å². The molecule has 0 aliphatic carbocycles. The number of carbonyl (C=O) groups is 1. The zero-order valence-electron chi connectivity index (χ0n) is 12.1. The van der Waals surface area contributed by atoms with Crippen LogP contribution >= 0.6 is 12.4 Å². The first-order valence-corrected chi connectivity index (χ1v) is 6.79. The third-order valence-electron chi connectivity index (χ3n) is 3.88. The number of halogens is 2. The highest BCUT2D eigenvalue weighted by Gasteiger charge is 2.29. The van der Waals surface area contributed by atoms with Crippen molar-refractivity contribution in [1.29, 1.82) is 0 Å². The van der Waals surface area contributed by atoms with Crippen LogP contribution in [0.4, 0.5) is 4.39 Å². The predicted molar refractivity (Wildman–Crippen MR) is 80.9 cm³/mol. The van der Waals surface area contributed by atoms with Crippen molar-refractivity contribution in [2.45, 2.75) is 39.3 Å². The predicted octanol–water partition coefficient (Wildman–Crippen LogP) is 2.67. The molecule has 2 N–H and O–H groups in total. The molecule has 1 heterocycles. The molecule has 3 atom stereocenters. The standard InChI is InChI=1S/C15H21FN2O.ClH/c1-9-4-5-13(16)12(8-9)15(19)18-14-10(2)6-7-17-11(14)3;/h4-5,8,10-11,14,17H,6-7H2,1-3H3,(H,18,19);1H. The molecule has 1 saturated heterocycles. The van der Waals surface area contributed by atoms with Crippen molar-refractivity contribution in [1.82, 2.24) is 10.6 Å². The van der Waals surface area contributed by atoms with Gasteiger partial charge < -0.3 is 10.6 Å². The van der Waals surface area contributed by atoms with Crippen molar-refractivity contribution in [3.8, 4) is 0 Å². The maximum atomic E-state index is 13.7. The number of hydrogen-bond donors (Lipinski definition) is 2. The van der Waals surface area contributed by atoms with Gasteiger partial charge in [0.15, 0.2) is 0 Å². The molecule has 5 heteroatoms. The van der Waals surface area contributed by atoms with Gasteiger partial charge in [-0.05, 0) is 44.9 Å². The second kappa shape index (κ2) is 7.04. The molecule has 112 valence electrons. The first-order chi connectivity index (χ1) is 8.99. The van der Waals surface area contributed by atoms with Crippen LogP contribution in [0, 0.1) is 18.7 Å². The number of nitrogens with one attached hydrogen (secondary N) is 2. The molecule has 1 aliphatic heterocycles. The van der Waals surface area contributed by atoms with Gasteiger partial charge in [0, 0.05) is 12.1 Å². The Morgan fingerprint density at radius 3 is 2.75 bits per heavy atom. The third-order valence-corrected chi connectivity index (χ3v) is 3.88. The van der Waals surface area contributed by atoms with Crippen LogP contribution in [0.25, 0.3) is 0 Å². The zero-order valence-corrected chi connectivity index (χ0v) is 12.9. The summed E-state index contributed by atoms with van der Waals surface area (Å²) in [6.07, 6.45) is 1.02. The zero-order chi connectivity index (χ0) is 14.0. The lowest BCUT2D eigenvalue weighted by molar-refractivity contribution is 0.0893. The summed E-state index contributed by atoms with van der Waals surface area (Å²) in [5, 5.41) is 6.30. The summed E-state index contributed by atoms with van der Waals surface area (Å²) in [6, 6.07) is 4.85. The van der Waals surface area contributed by atoms with E-state index in [1.807, 2.05) is 13.8 Å². The van der Waals surface area contributed by atoms with Gasteiger partial charge in [0.05, 0.1) is 5.56 Å². The Labute approximate surface area is 125 Å². The minimum Gasteiger partial charge on any atom is -0.347 e. The van der Waals surface area contributed by atoms with E-state index in [0.717, 1.165) is 18.5 Å². The highest BCUT2D eigenvalue weighted by atomic mass is 35.5. The maximum Gasteiger partial charge on any atom is 0.254 e. The molecular weight excluding hydrogens is 279 g/mol. The summed E-state index contributed by atoms with van der Waals surface area (Å²) in [6.45, 7) is 6.99. The Bertz CT molecular complexity index is 471. The lowest BCUT2D eigenvalue weighted by atomic mass is 9.89. The SMILES string of the molecule is Cc1ccc(F)c(C(=O)NC2C(C)CCNC2C)c1.Cl. The van der Waals surface area contributed by atoms with Crippen LogP contribution in [0.2, 0.25) is 0 Å². The molecule has 3 nitrogen and oxygen atoms in total. The molecule has 1 aliphatic rings. The molecule has 2 rings (SSSR count). The van der Waals surface area contributed by atoms with Crippen molar-refractivity contribution < 1.29 is 9.18 Å². The molecular formula is C15H22ClFN2O. The highest BCUT2D eigenvalue weighted by molar-refractivity contribution is 5.94. The van der Waals surface area contributed by atoms with Gasteiger partial charge in [0.1, 0.15) is 5.82 Å². The summed E-state index contributed by atoms with van der Waals surface area (Å²) in [5.74, 6) is -0.395. The number of amides is 1. The summed E-state index contributed by atoms with van der Waals surface area (Å²) in [4.78, 5) is 12.2. The van der Waals surface area contributed by atoms with E-state index in [-0.39, 0.29) is 36.0 Å². The normalized spacial score (nSPS) is 25.7. The van der Waals surface area contributed by atoms with Crippen LogP contribution in [0.15, 0.2) is 18.2 Å². The van der Waals surface area contributed by atoms with E-state index in [1.54, 1.807) is 12.1 Å². The average Bonchev–Trinajstić information content (AvgIpc) is 2.37. The second-order valence-corrected chi connectivity index (χ2v) is 5.49. The van der Waals surface area contributed by atoms with E-state index in [4.69, 9.17) is 0 Å². The Morgan fingerprint density at radius 2 is 2.10 bits per heavy atom. The fourth-order valence-corrected chi connectivity index (χ4v) is 2.65. The topological polar surface area (TPSA) is 41.1 Å². The van der Waals surface area contributed by atoms with Crippen molar-refractivity contribution in [3.05, 3.63) is 35.1 Å². The Balaban J connectivity index is 0.00000200. The van der Waals surface area contributed by atoms with Gasteiger partial charge in [0.2, 0.25) is 0 Å². The van der Waals surface area contributed by atoms with Gasteiger partial charge >= 0.3 is 0 Å². The second-order valence-electron chi connectivity index (χ2n) is 5.49. The fourth-order valence-electron chi connectivity index (χ4n) is 2.65. The van der Waals surface area contributed by atoms with Crippen LogP contribution in [0.3, 0.4) is 0 Å². The van der Waals surface area contributed by atoms with E-state index >= 15 is 0 Å². The van der Waals surface area contributed by atoms with Crippen LogP contribution in [0.1, 0.15) is 36.2 Å². The average molecular weight is 301 g/mol. The largest absolute Gasteiger partial charge is 0.347 e. The number of hydrogen-bond acceptors (Lipinski definition) is 2. The summed E-state index contributed by atoms with van der Waals surface area (Å²) in [5.41, 5.74) is 1.01. The molecule has 0 aromatic heterocycles. The van der Waals surface area contributed by atoms with Crippen molar-refractivity contribution in [2.75, 3.05) is 6.54 Å². The molecule has 1 amide bonds. The van der Waals surface area contributed by atoms with Crippen LogP contribution in [-0.4, -0.2) is 24.5 Å². The Hall–Kier alpha value is -1.13. The van der Waals surface area contributed by atoms with E-state index < -0.39 is 5.82 Å². The summed E-state index contributed by atoms with van der Waals surface area (Å²) >= 11 is 0. The van der Waals surface area contributed by atoms with E-state index in [0.29, 0.717) is 5.92 Å². The molecule has 20 heavy (non-hydrogen) atoms. The fraction of sp³-hybridized carbons (Fsp3) is 0.533. The molecule has 0 saturated carbocycles. The lowest BCUT2D eigenvalue weighted by Gasteiger charge is -2.36. The van der Waals surface area contributed by atoms with Crippen LogP contribution in [-0.2, 0) is 0 Å². The summed E-state index contributed by atoms with van der Waals surface area (Å²) < 4.78 is 13.7. The molecule has 1 aromatic carbocycles. The number of carbonyl (C=O) groups excluding carboxylic acids is 1. The van der Waals surface area contributed by atoms with E-state index in [2.05, 4.69) is 17.6 Å². The Kier molecular flexibility index (Phi) is 5.96. The van der Waals surface area contributed by atoms with Gasteiger partial charge in [0.25, 0.3) is 5.91 Å². The van der Waals surface area contributed by atoms with Crippen molar-refractivity contribution in [3.63, 3.8) is 0 Å². The van der Waals surface area contributed by atoms with Crippen molar-refractivity contribution >= 4 is 18.3 Å². The first-order valence-electron chi connectivity index (χ1n) is 6.79. The smallest absolute Gasteiger partial charge is 0.254 e. The number of rotatable bonds is 2. The quantitative estimate of drug-likeness (QED) is 0.882. The molecule has 0 bridgehead atoms. The minimum atomic E-state index is -0.466. The Morgan fingerprint density at radius 1 is 1.40 bits per heavy atom. The third kappa shape index (κ3) is 3.70. The van der Waals surface area contributed by atoms with Gasteiger partial charge in [-0.15, -0.1) is 12.4 Å². The van der Waals surface area contributed by atoms with Crippen molar-refractivity contribution in [2.24, 2.45) is 5.92 Å². The van der Waals surface area contributed by atoms with E-state index in [1.165, 1.54) is 6.07 Å². The minimum absolute atomic E-state index is 0. The van der Waals surface area contributed by atoms with Crippen LogP contribution in [0.5, 0.6) is 0 Å². The molecule has 1 fully saturated rings. The summed E-state index contributed by atoms with van der Waals surface area (Å²) in [7, 11) is 0.